The lowest BCUT2D eigenvalue weighted by atomic mass is 10.0. The first-order chi connectivity index (χ1) is 32.5. The van der Waals surface area contributed by atoms with Crippen LogP contribution in [0.25, 0.3) is 0 Å². The van der Waals surface area contributed by atoms with E-state index in [0.717, 1.165) is 44.9 Å². The average molecular weight is 959 g/mol. The number of carbonyl (C=O) groups excluding carboxylic acids is 1. The molecule has 0 heterocycles. The van der Waals surface area contributed by atoms with Crippen molar-refractivity contribution in [3.8, 4) is 0 Å². The van der Waals surface area contributed by atoms with Crippen molar-refractivity contribution in [2.24, 2.45) is 0 Å². The van der Waals surface area contributed by atoms with Gasteiger partial charge in [-0.1, -0.05) is 260 Å². The molecular weight excluding hydrogens is 852 g/mol. The number of nitrogens with zero attached hydrogens (tertiary/aromatic N) is 1. The van der Waals surface area contributed by atoms with Crippen LogP contribution in [0.1, 0.15) is 239 Å². The number of phosphoric acid groups is 1. The first-order valence-corrected chi connectivity index (χ1v) is 29.3. The maximum absolute atomic E-state index is 12.8. The fraction of sp³-hybridized carbons (Fsp3) is 0.776. The Bertz CT molecular complexity index is 1320. The number of hydrogen-bond donors (Lipinski definition) is 2. The molecule has 0 saturated carbocycles. The fourth-order valence-corrected chi connectivity index (χ4v) is 8.59. The Hall–Kier alpha value is -2.06. The third-order valence-corrected chi connectivity index (χ3v) is 13.2. The molecule has 0 fully saturated rings. The Balaban J connectivity index is 4.21. The summed E-state index contributed by atoms with van der Waals surface area (Å²) in [5, 5.41) is 13.8. The Morgan fingerprint density at radius 3 is 1.27 bits per heavy atom. The molecule has 0 aliphatic rings. The van der Waals surface area contributed by atoms with E-state index in [4.69, 9.17) is 9.05 Å². The zero-order chi connectivity index (χ0) is 49.2. The predicted octanol–water partition coefficient (Wildman–Crippen LogP) is 16.1. The number of quaternary nitrogens is 1. The first-order valence-electron chi connectivity index (χ1n) is 27.8. The van der Waals surface area contributed by atoms with Crippen LogP contribution >= 0.6 is 7.82 Å². The first kappa shape index (κ1) is 64.9. The summed E-state index contributed by atoms with van der Waals surface area (Å²) in [5.74, 6) is -0.324. The van der Waals surface area contributed by atoms with E-state index < -0.39 is 26.6 Å². The van der Waals surface area contributed by atoms with Crippen molar-refractivity contribution in [2.45, 2.75) is 251 Å². The molecule has 0 spiro atoms. The molecule has 8 nitrogen and oxygen atoms in total. The molecule has 9 heteroatoms. The summed E-state index contributed by atoms with van der Waals surface area (Å²) in [7, 11) is 1.20. The topological polar surface area (TPSA) is 108 Å². The van der Waals surface area contributed by atoms with Gasteiger partial charge in [0.05, 0.1) is 39.9 Å². The van der Waals surface area contributed by atoms with Crippen molar-refractivity contribution >= 4 is 13.7 Å². The molecule has 67 heavy (non-hydrogen) atoms. The minimum atomic E-state index is -4.62. The molecule has 0 radical (unpaired) electrons. The van der Waals surface area contributed by atoms with Crippen LogP contribution in [0.5, 0.6) is 0 Å². The molecule has 0 saturated heterocycles. The number of rotatable bonds is 50. The summed E-state index contributed by atoms with van der Waals surface area (Å²) in [5.41, 5.74) is 0. The molecule has 0 aromatic heterocycles. The number of hydrogen-bond acceptors (Lipinski definition) is 6. The van der Waals surface area contributed by atoms with E-state index in [1.807, 2.05) is 33.3 Å². The summed E-state index contributed by atoms with van der Waals surface area (Å²) >= 11 is 0. The predicted molar refractivity (Wildman–Crippen MR) is 288 cm³/mol. The number of carbonyl (C=O) groups is 1. The van der Waals surface area contributed by atoms with Crippen LogP contribution in [0.4, 0.5) is 0 Å². The maximum Gasteiger partial charge on any atom is 0.268 e. The lowest BCUT2D eigenvalue weighted by Crippen LogP contribution is -2.45. The van der Waals surface area contributed by atoms with Gasteiger partial charge in [0.2, 0.25) is 5.91 Å². The molecule has 3 atom stereocenters. The van der Waals surface area contributed by atoms with Crippen molar-refractivity contribution in [2.75, 3.05) is 40.9 Å². The number of nitrogens with one attached hydrogen (secondary N) is 1. The van der Waals surface area contributed by atoms with Crippen LogP contribution in [-0.2, 0) is 18.4 Å². The summed E-state index contributed by atoms with van der Waals surface area (Å²) in [4.78, 5) is 25.3. The Kier molecular flexibility index (Phi) is 47.4. The highest BCUT2D eigenvalue weighted by Gasteiger charge is 2.23. The monoisotopic (exact) mass is 959 g/mol. The van der Waals surface area contributed by atoms with Crippen LogP contribution in [0.2, 0.25) is 0 Å². The fourth-order valence-electron chi connectivity index (χ4n) is 7.87. The summed E-state index contributed by atoms with van der Waals surface area (Å²) in [6, 6.07) is -0.945. The standard InChI is InChI=1S/C58H107N2O6P/c1-6-8-10-12-14-16-18-20-22-23-24-25-26-27-28-29-30-31-32-33-34-35-36-38-39-41-43-45-47-49-51-57(61)56(55-66-67(63,64)65-54-53-60(3,4)5)59-58(62)52-50-48-46-44-42-40-37-21-19-17-15-13-11-9-7-2/h9,11,15,17,21,37,42,44,48-51,56-57,61H,6-8,10,12-14,16,18-20,22-36,38-41,43,45-47,52-55H2,1-5H3,(H-,59,62,63,64)/b11-9-,17-15-,37-21-,44-42-,50-48-,51-49+. The van der Waals surface area contributed by atoms with Gasteiger partial charge in [-0.15, -0.1) is 0 Å². The molecular formula is C58H107N2O6P. The molecule has 0 aliphatic carbocycles. The number of aliphatic hydroxyl groups excluding tert-OH is 1. The lowest BCUT2D eigenvalue weighted by Gasteiger charge is -2.29. The largest absolute Gasteiger partial charge is 0.756 e. The van der Waals surface area contributed by atoms with Gasteiger partial charge in [-0.25, -0.2) is 0 Å². The highest BCUT2D eigenvalue weighted by atomic mass is 31.2. The van der Waals surface area contributed by atoms with E-state index in [9.17, 15) is 19.4 Å². The third-order valence-electron chi connectivity index (χ3n) is 12.2. The second kappa shape index (κ2) is 48.9. The van der Waals surface area contributed by atoms with E-state index in [0.29, 0.717) is 17.4 Å². The van der Waals surface area contributed by atoms with Crippen LogP contribution in [0.15, 0.2) is 72.9 Å². The quantitative estimate of drug-likeness (QED) is 0.0272. The van der Waals surface area contributed by atoms with Crippen LogP contribution in [-0.4, -0.2) is 68.5 Å². The van der Waals surface area contributed by atoms with Gasteiger partial charge in [0.15, 0.2) is 0 Å². The molecule has 390 valence electrons. The molecule has 0 rings (SSSR count). The lowest BCUT2D eigenvalue weighted by molar-refractivity contribution is -0.870. The molecule has 3 unspecified atom stereocenters. The van der Waals surface area contributed by atoms with Crippen molar-refractivity contribution in [3.05, 3.63) is 72.9 Å². The van der Waals surface area contributed by atoms with Crippen molar-refractivity contribution in [1.29, 1.82) is 0 Å². The zero-order valence-electron chi connectivity index (χ0n) is 44.3. The molecule has 2 N–H and O–H groups in total. The molecule has 0 aromatic carbocycles. The molecule has 0 aromatic rings. The van der Waals surface area contributed by atoms with Crippen molar-refractivity contribution in [1.82, 2.24) is 5.32 Å². The normalized spacial score (nSPS) is 14.6. The van der Waals surface area contributed by atoms with E-state index in [1.54, 1.807) is 12.2 Å². The maximum atomic E-state index is 12.8. The van der Waals surface area contributed by atoms with E-state index in [-0.39, 0.29) is 18.9 Å². The van der Waals surface area contributed by atoms with Gasteiger partial charge in [-0.05, 0) is 44.9 Å². The van der Waals surface area contributed by atoms with Gasteiger partial charge >= 0.3 is 0 Å². The smallest absolute Gasteiger partial charge is 0.268 e. The minimum Gasteiger partial charge on any atom is -0.756 e. The number of amides is 1. The van der Waals surface area contributed by atoms with E-state index in [2.05, 4.69) is 67.8 Å². The van der Waals surface area contributed by atoms with Crippen LogP contribution in [0, 0.1) is 0 Å². The van der Waals surface area contributed by atoms with Gasteiger partial charge in [0.1, 0.15) is 13.2 Å². The summed E-state index contributed by atoms with van der Waals surface area (Å²) < 4.78 is 23.2. The highest BCUT2D eigenvalue weighted by Crippen LogP contribution is 2.38. The van der Waals surface area contributed by atoms with E-state index >= 15 is 0 Å². The molecule has 1 amide bonds. The van der Waals surface area contributed by atoms with Gasteiger partial charge < -0.3 is 28.8 Å². The van der Waals surface area contributed by atoms with Crippen LogP contribution in [0.3, 0.4) is 0 Å². The SMILES string of the molecule is CC/C=C\C/C=C\C/C=C\C/C=C\C/C=C\CC(=O)NC(COP(=O)([O-])OCC[N+](C)(C)C)C(O)/C=C/CCCCCCCCCCCCCCCCCCCCCCCCCCCCCC. The number of unbranched alkanes of at least 4 members (excludes halogenated alkanes) is 28. The van der Waals surface area contributed by atoms with Gasteiger partial charge in [0.25, 0.3) is 7.82 Å². The number of likely N-dealkylation sites (N-methyl/N-ethyl adjacent to an activating group) is 1. The second-order valence-corrected chi connectivity index (χ2v) is 21.3. The van der Waals surface area contributed by atoms with Gasteiger partial charge in [-0.2, -0.15) is 0 Å². The average Bonchev–Trinajstić information content (AvgIpc) is 3.29. The number of phosphoric ester groups is 1. The van der Waals surface area contributed by atoms with Crippen molar-refractivity contribution in [3.63, 3.8) is 0 Å². The minimum absolute atomic E-state index is 0.0203. The Morgan fingerprint density at radius 2 is 0.896 bits per heavy atom. The number of allylic oxidation sites excluding steroid dienone is 10. The Labute approximate surface area is 414 Å². The van der Waals surface area contributed by atoms with Crippen molar-refractivity contribution < 1.29 is 32.9 Å². The highest BCUT2D eigenvalue weighted by molar-refractivity contribution is 7.45. The van der Waals surface area contributed by atoms with E-state index in [1.165, 1.54) is 167 Å². The van der Waals surface area contributed by atoms with Gasteiger partial charge in [-0.3, -0.25) is 9.36 Å². The molecule has 0 bridgehead atoms. The zero-order valence-corrected chi connectivity index (χ0v) is 45.2. The summed E-state index contributed by atoms with van der Waals surface area (Å²) in [6.45, 7) is 4.47. The van der Waals surface area contributed by atoms with Crippen LogP contribution < -0.4 is 10.2 Å². The summed E-state index contributed by atoms with van der Waals surface area (Å²) in [6.07, 6.45) is 67.4. The number of aliphatic hydroxyl groups is 1. The van der Waals surface area contributed by atoms with Gasteiger partial charge in [0, 0.05) is 6.42 Å². The third kappa shape index (κ3) is 51.6. The second-order valence-electron chi connectivity index (χ2n) is 19.9. The Morgan fingerprint density at radius 1 is 0.537 bits per heavy atom. The molecule has 0 aliphatic heterocycles.